The van der Waals surface area contributed by atoms with Crippen molar-refractivity contribution in [3.05, 3.63) is 23.8 Å². The van der Waals surface area contributed by atoms with Gasteiger partial charge in [-0.15, -0.1) is 0 Å². The normalized spacial score (nSPS) is 17.3. The second-order valence-electron chi connectivity index (χ2n) is 12.4. The van der Waals surface area contributed by atoms with Crippen molar-refractivity contribution in [3.8, 4) is 11.5 Å². The first kappa shape index (κ1) is 35.2. The zero-order chi connectivity index (χ0) is 31.6. The van der Waals surface area contributed by atoms with Crippen LogP contribution in [0.4, 0.5) is 4.79 Å². The van der Waals surface area contributed by atoms with E-state index in [1.54, 1.807) is 37.3 Å². The minimum atomic E-state index is -0.692. The summed E-state index contributed by atoms with van der Waals surface area (Å²) >= 11 is 0. The van der Waals surface area contributed by atoms with E-state index in [1.165, 1.54) is 0 Å². The molecule has 42 heavy (non-hydrogen) atoms. The molecule has 0 aliphatic carbocycles. The number of hydrogen-bond donors (Lipinski definition) is 0. The Kier molecular flexibility index (Phi) is 13.4. The molecule has 10 heteroatoms. The standard InChI is InChI=1S/C32H53N3O7/c1-11-33(22(2)3)29(36)20-25-14-15-26(21-34(25)31(38)42-32(6,7)8)35(23(4)5)30(37)24-13-16-27(40-10)28(19-24)41-18-12-17-39-9/h13,16,19,22-23,25-26H,11-12,14-15,17-18,20-21H2,1-10H3/t25-,26+/m0/s1. The molecule has 2 rings (SSSR count). The Labute approximate surface area is 252 Å². The molecule has 3 amide bonds. The number of carbonyl (C=O) groups is 3. The van der Waals surface area contributed by atoms with Gasteiger partial charge in [0.05, 0.1) is 19.8 Å². The van der Waals surface area contributed by atoms with Crippen LogP contribution in [0.15, 0.2) is 18.2 Å². The summed E-state index contributed by atoms with van der Waals surface area (Å²) in [5.74, 6) is 0.892. The van der Waals surface area contributed by atoms with Gasteiger partial charge >= 0.3 is 6.09 Å². The predicted octanol–water partition coefficient (Wildman–Crippen LogP) is 5.38. The van der Waals surface area contributed by atoms with Crippen LogP contribution in [0, 0.1) is 0 Å². The summed E-state index contributed by atoms with van der Waals surface area (Å²) in [6.07, 6.45) is 1.69. The minimum Gasteiger partial charge on any atom is -0.493 e. The third-order valence-electron chi connectivity index (χ3n) is 7.35. The lowest BCUT2D eigenvalue weighted by Gasteiger charge is -2.45. The third-order valence-corrected chi connectivity index (χ3v) is 7.35. The van der Waals surface area contributed by atoms with Crippen LogP contribution >= 0.6 is 0 Å². The summed E-state index contributed by atoms with van der Waals surface area (Å²) in [4.78, 5) is 46.0. The summed E-state index contributed by atoms with van der Waals surface area (Å²) in [5.41, 5.74) is -0.217. The summed E-state index contributed by atoms with van der Waals surface area (Å²) in [5, 5.41) is 0. The van der Waals surface area contributed by atoms with Crippen molar-refractivity contribution in [2.75, 3.05) is 40.5 Å². The maximum Gasteiger partial charge on any atom is 0.410 e. The van der Waals surface area contributed by atoms with E-state index < -0.39 is 11.7 Å². The van der Waals surface area contributed by atoms with E-state index in [4.69, 9.17) is 18.9 Å². The number of hydrogen-bond acceptors (Lipinski definition) is 7. The maximum absolute atomic E-state index is 14.0. The van der Waals surface area contributed by atoms with E-state index in [1.807, 2.05) is 65.2 Å². The first-order chi connectivity index (χ1) is 19.7. The van der Waals surface area contributed by atoms with Crippen molar-refractivity contribution < 1.29 is 33.3 Å². The van der Waals surface area contributed by atoms with Gasteiger partial charge in [-0.3, -0.25) is 9.59 Å². The molecule has 1 heterocycles. The number of likely N-dealkylation sites (tertiary alicyclic amines) is 1. The summed E-state index contributed by atoms with van der Waals surface area (Å²) in [6, 6.07) is 4.56. The molecule has 0 aromatic heterocycles. The molecule has 1 fully saturated rings. The van der Waals surface area contributed by atoms with Crippen molar-refractivity contribution in [3.63, 3.8) is 0 Å². The highest BCUT2D eigenvalue weighted by atomic mass is 16.6. The predicted molar refractivity (Wildman–Crippen MR) is 163 cm³/mol. The lowest BCUT2D eigenvalue weighted by Crippen LogP contribution is -2.58. The first-order valence-corrected chi connectivity index (χ1v) is 15.1. The molecule has 1 aliphatic rings. The maximum atomic E-state index is 14.0. The minimum absolute atomic E-state index is 0.0116. The van der Waals surface area contributed by atoms with Gasteiger partial charge < -0.3 is 33.6 Å². The van der Waals surface area contributed by atoms with Crippen LogP contribution in [0.2, 0.25) is 0 Å². The van der Waals surface area contributed by atoms with E-state index in [9.17, 15) is 14.4 Å². The number of methoxy groups -OCH3 is 2. The highest BCUT2D eigenvalue weighted by Gasteiger charge is 2.40. The highest BCUT2D eigenvalue weighted by Crippen LogP contribution is 2.32. The van der Waals surface area contributed by atoms with Gasteiger partial charge in [0.15, 0.2) is 11.5 Å². The number of piperidine rings is 1. The fraction of sp³-hybridized carbons (Fsp3) is 0.719. The second kappa shape index (κ2) is 16.0. The van der Waals surface area contributed by atoms with Crippen LogP contribution in [-0.4, -0.2) is 103 Å². The van der Waals surface area contributed by atoms with Gasteiger partial charge in [0.25, 0.3) is 5.91 Å². The van der Waals surface area contributed by atoms with E-state index in [-0.39, 0.29) is 48.9 Å². The monoisotopic (exact) mass is 591 g/mol. The van der Waals surface area contributed by atoms with E-state index >= 15 is 0 Å². The molecular formula is C32H53N3O7. The quantitative estimate of drug-likeness (QED) is 0.284. The SMILES string of the molecule is CCN(C(=O)C[C@@H]1CC[C@@H](N(C(=O)c2ccc(OC)c(OCCCOC)c2)C(C)C)CN1C(=O)OC(C)(C)C)C(C)C. The van der Waals surface area contributed by atoms with Crippen molar-refractivity contribution in [1.82, 2.24) is 14.7 Å². The Morgan fingerprint density at radius 3 is 2.24 bits per heavy atom. The summed E-state index contributed by atoms with van der Waals surface area (Å²) in [6.45, 7) is 17.2. The van der Waals surface area contributed by atoms with Crippen LogP contribution in [0.3, 0.4) is 0 Å². The smallest absolute Gasteiger partial charge is 0.410 e. The fourth-order valence-electron chi connectivity index (χ4n) is 5.42. The van der Waals surface area contributed by atoms with Crippen molar-refractivity contribution in [2.24, 2.45) is 0 Å². The average Bonchev–Trinajstić information content (AvgIpc) is 2.90. The van der Waals surface area contributed by atoms with E-state index in [2.05, 4.69) is 0 Å². The molecule has 238 valence electrons. The zero-order valence-corrected chi connectivity index (χ0v) is 27.4. The van der Waals surface area contributed by atoms with Crippen LogP contribution in [0.5, 0.6) is 11.5 Å². The molecular weight excluding hydrogens is 538 g/mol. The molecule has 0 N–H and O–H groups in total. The van der Waals surface area contributed by atoms with Gasteiger partial charge in [-0.25, -0.2) is 4.79 Å². The molecule has 1 aliphatic heterocycles. The Bertz CT molecular complexity index is 1040. The number of benzene rings is 1. The Hall–Kier alpha value is -3.01. The van der Waals surface area contributed by atoms with Gasteiger partial charge in [-0.05, 0) is 86.4 Å². The Morgan fingerprint density at radius 2 is 1.69 bits per heavy atom. The second-order valence-corrected chi connectivity index (χ2v) is 12.4. The molecule has 1 aromatic rings. The number of ether oxygens (including phenoxy) is 4. The Balaban J connectivity index is 2.34. The van der Waals surface area contributed by atoms with Crippen LogP contribution in [0.1, 0.15) is 91.4 Å². The zero-order valence-electron chi connectivity index (χ0n) is 27.4. The van der Waals surface area contributed by atoms with Gasteiger partial charge in [-0.2, -0.15) is 0 Å². The number of rotatable bonds is 13. The third kappa shape index (κ3) is 9.78. The number of carbonyl (C=O) groups excluding carboxylic acids is 3. The van der Waals surface area contributed by atoms with Crippen molar-refractivity contribution in [1.29, 1.82) is 0 Å². The average molecular weight is 592 g/mol. The molecule has 0 unspecified atom stereocenters. The molecule has 0 bridgehead atoms. The molecule has 1 saturated heterocycles. The number of amides is 3. The van der Waals surface area contributed by atoms with Crippen molar-refractivity contribution >= 4 is 17.9 Å². The van der Waals surface area contributed by atoms with Crippen LogP contribution in [-0.2, 0) is 14.3 Å². The van der Waals surface area contributed by atoms with Gasteiger partial charge in [0.1, 0.15) is 5.60 Å². The fourth-order valence-corrected chi connectivity index (χ4v) is 5.42. The summed E-state index contributed by atoms with van der Waals surface area (Å²) in [7, 11) is 3.20. The van der Waals surface area contributed by atoms with Crippen molar-refractivity contribution in [2.45, 2.75) is 111 Å². The molecule has 0 saturated carbocycles. The molecule has 0 radical (unpaired) electrons. The highest BCUT2D eigenvalue weighted by molar-refractivity contribution is 5.95. The van der Waals surface area contributed by atoms with E-state index in [0.717, 1.165) is 0 Å². The summed E-state index contributed by atoms with van der Waals surface area (Å²) < 4.78 is 22.2. The largest absolute Gasteiger partial charge is 0.493 e. The van der Waals surface area contributed by atoms with Gasteiger partial charge in [-0.1, -0.05) is 0 Å². The van der Waals surface area contributed by atoms with Crippen LogP contribution in [0.25, 0.3) is 0 Å². The molecule has 2 atom stereocenters. The first-order valence-electron chi connectivity index (χ1n) is 15.1. The van der Waals surface area contributed by atoms with Gasteiger partial charge in [0, 0.05) is 63.3 Å². The molecule has 0 spiro atoms. The van der Waals surface area contributed by atoms with E-state index in [0.29, 0.717) is 56.1 Å². The Morgan fingerprint density at radius 1 is 1.00 bits per heavy atom. The molecule has 10 nitrogen and oxygen atoms in total. The lowest BCUT2D eigenvalue weighted by molar-refractivity contribution is -0.134. The molecule has 1 aromatic carbocycles. The lowest BCUT2D eigenvalue weighted by atomic mass is 9.93. The van der Waals surface area contributed by atoms with Gasteiger partial charge in [0.2, 0.25) is 5.91 Å². The topological polar surface area (TPSA) is 97.9 Å². The number of nitrogens with zero attached hydrogens (tertiary/aromatic N) is 3. The van der Waals surface area contributed by atoms with Crippen LogP contribution < -0.4 is 9.47 Å².